The number of halogens is 1. The van der Waals surface area contributed by atoms with Crippen molar-refractivity contribution in [2.75, 3.05) is 26.4 Å². The van der Waals surface area contributed by atoms with E-state index in [-0.39, 0.29) is 19.1 Å². The average Bonchev–Trinajstić information content (AvgIpc) is 3.27. The van der Waals surface area contributed by atoms with Gasteiger partial charge in [-0.15, -0.1) is 0 Å². The fraction of sp³-hybridized carbons (Fsp3) is 0.242. The Morgan fingerprint density at radius 2 is 1.40 bits per heavy atom. The Kier molecular flexibility index (Phi) is 10.1. The first-order valence-corrected chi connectivity index (χ1v) is 13.4. The molecule has 42 heavy (non-hydrogen) atoms. The van der Waals surface area contributed by atoms with Crippen molar-refractivity contribution in [1.82, 2.24) is 0 Å². The zero-order valence-corrected chi connectivity index (χ0v) is 23.2. The Morgan fingerprint density at radius 1 is 0.786 bits per heavy atom. The van der Waals surface area contributed by atoms with E-state index in [0.29, 0.717) is 36.7 Å². The van der Waals surface area contributed by atoms with Crippen molar-refractivity contribution in [3.63, 3.8) is 0 Å². The van der Waals surface area contributed by atoms with Gasteiger partial charge in [0.15, 0.2) is 0 Å². The predicted octanol–water partition coefficient (Wildman–Crippen LogP) is 6.33. The van der Waals surface area contributed by atoms with Crippen molar-refractivity contribution in [2.45, 2.75) is 25.7 Å². The molecule has 4 rings (SSSR count). The molecule has 0 radical (unpaired) electrons. The van der Waals surface area contributed by atoms with Crippen LogP contribution in [0.3, 0.4) is 0 Å². The smallest absolute Gasteiger partial charge is 0.366 e. The van der Waals surface area contributed by atoms with Crippen molar-refractivity contribution in [1.29, 1.82) is 0 Å². The molecule has 3 aromatic rings. The fourth-order valence-electron chi connectivity index (χ4n) is 4.46. The van der Waals surface area contributed by atoms with Gasteiger partial charge in [-0.3, -0.25) is 0 Å². The van der Waals surface area contributed by atoms with Gasteiger partial charge in [0.1, 0.15) is 30.5 Å². The van der Waals surface area contributed by atoms with Crippen molar-refractivity contribution < 1.29 is 42.5 Å². The Hall–Kier alpha value is -4.92. The van der Waals surface area contributed by atoms with Gasteiger partial charge in [-0.05, 0) is 83.6 Å². The lowest BCUT2D eigenvalue weighted by atomic mass is 9.98. The van der Waals surface area contributed by atoms with Crippen LogP contribution >= 0.6 is 0 Å². The molecule has 0 amide bonds. The Morgan fingerprint density at radius 3 is 2.12 bits per heavy atom. The van der Waals surface area contributed by atoms with Gasteiger partial charge in [0.05, 0.1) is 18.8 Å². The third-order valence-electron chi connectivity index (χ3n) is 6.59. The summed E-state index contributed by atoms with van der Waals surface area (Å²) in [5.41, 5.74) is 4.74. The summed E-state index contributed by atoms with van der Waals surface area (Å²) in [6.07, 6.45) is 2.58. The van der Waals surface area contributed by atoms with Crippen LogP contribution in [0.15, 0.2) is 85.7 Å². The second kappa shape index (κ2) is 14.1. The minimum atomic E-state index is -1.17. The minimum absolute atomic E-state index is 0.0243. The highest BCUT2D eigenvalue weighted by molar-refractivity contribution is 5.93. The summed E-state index contributed by atoms with van der Waals surface area (Å²) in [5.74, 6) is -1.59. The van der Waals surface area contributed by atoms with E-state index in [1.165, 1.54) is 0 Å². The minimum Gasteiger partial charge on any atom is -0.494 e. The first-order chi connectivity index (χ1) is 20.3. The Labute approximate surface area is 243 Å². The Balaban J connectivity index is 1.30. The number of carbonyl (C=O) groups is 3. The molecule has 9 heteroatoms. The van der Waals surface area contributed by atoms with Crippen LogP contribution in [0.2, 0.25) is 0 Å². The molecule has 0 saturated carbocycles. The van der Waals surface area contributed by atoms with Crippen molar-refractivity contribution in [2.24, 2.45) is 0 Å². The van der Waals surface area contributed by atoms with Gasteiger partial charge >= 0.3 is 17.9 Å². The Bertz CT molecular complexity index is 1480. The second-order valence-corrected chi connectivity index (χ2v) is 9.45. The lowest BCUT2D eigenvalue weighted by Crippen LogP contribution is -2.12. The van der Waals surface area contributed by atoms with Crippen LogP contribution in [0.5, 0.6) is 17.2 Å². The normalized spacial score (nSPS) is 12.9. The van der Waals surface area contributed by atoms with Crippen LogP contribution in [-0.2, 0) is 19.1 Å². The lowest BCUT2D eigenvalue weighted by Gasteiger charge is -2.11. The van der Waals surface area contributed by atoms with E-state index in [1.54, 1.807) is 30.3 Å². The standard InChI is InChI=1S/C33H31FO8/c1-4-31(35)40-16-6-5-15-38-26-12-14-28-27-13-7-23(19-29(27)21(2)30(28)20-26)33(37)42-25-10-8-24(9-11-25)39-17-18-41-32(36)22(3)34/h4,7-14,19-21H,1,3,5-6,15-18H2,2H3. The monoisotopic (exact) mass is 574 g/mol. The van der Waals surface area contributed by atoms with Crippen LogP contribution in [0.1, 0.15) is 47.2 Å². The van der Waals surface area contributed by atoms with Crippen LogP contribution in [0.25, 0.3) is 11.1 Å². The molecular formula is C33H31FO8. The molecule has 0 aliphatic heterocycles. The van der Waals surface area contributed by atoms with Gasteiger partial charge in [0.25, 0.3) is 0 Å². The molecule has 0 N–H and O–H groups in total. The van der Waals surface area contributed by atoms with Crippen molar-refractivity contribution in [3.8, 4) is 28.4 Å². The number of benzene rings is 3. The lowest BCUT2D eigenvalue weighted by molar-refractivity contribution is -0.141. The quantitative estimate of drug-likeness (QED) is 0.0954. The molecule has 1 unspecified atom stereocenters. The summed E-state index contributed by atoms with van der Waals surface area (Å²) in [6, 6.07) is 17.9. The van der Waals surface area contributed by atoms with Crippen LogP contribution in [0, 0.1) is 0 Å². The summed E-state index contributed by atoms with van der Waals surface area (Å²) >= 11 is 0. The molecule has 0 spiro atoms. The van der Waals surface area contributed by atoms with Crippen molar-refractivity contribution in [3.05, 3.63) is 102 Å². The van der Waals surface area contributed by atoms with Gasteiger partial charge in [-0.2, -0.15) is 4.39 Å². The molecule has 0 heterocycles. The highest BCUT2D eigenvalue weighted by Gasteiger charge is 2.27. The summed E-state index contributed by atoms with van der Waals surface area (Å²) in [4.78, 5) is 35.0. The molecule has 218 valence electrons. The van der Waals surface area contributed by atoms with Gasteiger partial charge in [-0.25, -0.2) is 14.4 Å². The van der Waals surface area contributed by atoms with E-state index < -0.39 is 23.7 Å². The summed E-state index contributed by atoms with van der Waals surface area (Å²) in [7, 11) is 0. The zero-order chi connectivity index (χ0) is 30.1. The van der Waals surface area contributed by atoms with Gasteiger partial charge < -0.3 is 23.7 Å². The molecule has 0 bridgehead atoms. The number of rotatable bonds is 14. The molecule has 0 saturated heterocycles. The van der Waals surface area contributed by atoms with E-state index in [0.717, 1.165) is 40.5 Å². The van der Waals surface area contributed by atoms with Crippen LogP contribution in [0.4, 0.5) is 4.39 Å². The largest absolute Gasteiger partial charge is 0.494 e. The molecule has 1 aliphatic carbocycles. The van der Waals surface area contributed by atoms with E-state index in [1.807, 2.05) is 30.3 Å². The van der Waals surface area contributed by atoms with E-state index in [2.05, 4.69) is 24.8 Å². The number of esters is 3. The maximum absolute atomic E-state index is 12.9. The number of hydrogen-bond acceptors (Lipinski definition) is 8. The fourth-order valence-corrected chi connectivity index (χ4v) is 4.46. The number of carbonyl (C=O) groups excluding carboxylic acids is 3. The summed E-state index contributed by atoms with van der Waals surface area (Å²) in [6.45, 7) is 9.04. The number of ether oxygens (including phenoxy) is 5. The molecule has 8 nitrogen and oxygen atoms in total. The first kappa shape index (κ1) is 30.0. The zero-order valence-electron chi connectivity index (χ0n) is 23.2. The molecule has 0 fully saturated rings. The van der Waals surface area contributed by atoms with Gasteiger partial charge in [0, 0.05) is 12.0 Å². The highest BCUT2D eigenvalue weighted by Crippen LogP contribution is 2.46. The van der Waals surface area contributed by atoms with Crippen LogP contribution in [-0.4, -0.2) is 44.3 Å². The molecule has 1 atom stereocenters. The highest BCUT2D eigenvalue weighted by atomic mass is 19.1. The predicted molar refractivity (Wildman–Crippen MR) is 153 cm³/mol. The number of hydrogen-bond donors (Lipinski definition) is 0. The molecule has 1 aliphatic rings. The van der Waals surface area contributed by atoms with Crippen LogP contribution < -0.4 is 14.2 Å². The van der Waals surface area contributed by atoms with Gasteiger partial charge in [-0.1, -0.05) is 32.2 Å². The molecule has 0 aromatic heterocycles. The van der Waals surface area contributed by atoms with Crippen molar-refractivity contribution >= 4 is 17.9 Å². The summed E-state index contributed by atoms with van der Waals surface area (Å²) in [5, 5.41) is 0. The third-order valence-corrected chi connectivity index (χ3v) is 6.59. The van der Waals surface area contributed by atoms with Gasteiger partial charge in [0.2, 0.25) is 5.83 Å². The maximum atomic E-state index is 12.9. The number of unbranched alkanes of at least 4 members (excludes halogenated alkanes) is 1. The number of fused-ring (bicyclic) bond motifs is 3. The van der Waals surface area contributed by atoms with E-state index >= 15 is 0 Å². The average molecular weight is 575 g/mol. The third kappa shape index (κ3) is 7.63. The topological polar surface area (TPSA) is 97.4 Å². The second-order valence-electron chi connectivity index (χ2n) is 9.45. The maximum Gasteiger partial charge on any atom is 0.366 e. The SMILES string of the molecule is C=CC(=O)OCCCCOc1ccc2c(c1)C(C)c1cc(C(=O)Oc3ccc(OCCOC(=O)C(=C)F)cc3)ccc1-2. The molecular weight excluding hydrogens is 543 g/mol. The summed E-state index contributed by atoms with van der Waals surface area (Å²) < 4.78 is 39.1. The molecule has 3 aromatic carbocycles. The van der Waals surface area contributed by atoms with E-state index in [4.69, 9.17) is 18.9 Å². The first-order valence-electron chi connectivity index (χ1n) is 13.4. The van der Waals surface area contributed by atoms with E-state index in [9.17, 15) is 18.8 Å².